The van der Waals surface area contributed by atoms with Crippen molar-refractivity contribution < 1.29 is 14.6 Å². The third kappa shape index (κ3) is 2.53. The highest BCUT2D eigenvalue weighted by atomic mass is 35.5. The van der Waals surface area contributed by atoms with Gasteiger partial charge in [0.25, 0.3) is 5.91 Å². The Balaban J connectivity index is 2.26. The van der Waals surface area contributed by atoms with E-state index >= 15 is 0 Å². The number of halogens is 1. The van der Waals surface area contributed by atoms with Crippen molar-refractivity contribution in [2.75, 3.05) is 24.4 Å². The van der Waals surface area contributed by atoms with Crippen LogP contribution in [0.4, 0.5) is 5.69 Å². The number of aliphatic hydroxyl groups is 1. The number of hydrogen-bond acceptors (Lipinski definition) is 3. The summed E-state index contributed by atoms with van der Waals surface area (Å²) in [6.45, 7) is 0.0765. The number of fused-ring (bicyclic) bond motifs is 1. The number of likely N-dealkylation sites (N-methyl/N-ethyl adjacent to an activating group) is 1. The number of ether oxygens (including phenoxy) is 1. The van der Waals surface area contributed by atoms with Gasteiger partial charge in [-0.1, -0.05) is 6.07 Å². The molecule has 1 aliphatic heterocycles. The van der Waals surface area contributed by atoms with Gasteiger partial charge in [0, 0.05) is 12.9 Å². The quantitative estimate of drug-likeness (QED) is 0.826. The molecule has 0 bridgehead atoms. The first-order valence-electron chi connectivity index (χ1n) is 5.38. The summed E-state index contributed by atoms with van der Waals surface area (Å²) < 4.78 is 5.31. The molecule has 0 fully saturated rings. The summed E-state index contributed by atoms with van der Waals surface area (Å²) in [7, 11) is 1.71. The van der Waals surface area contributed by atoms with E-state index in [-0.39, 0.29) is 18.4 Å². The monoisotopic (exact) mass is 255 g/mol. The Hall–Kier alpha value is -1.26. The summed E-state index contributed by atoms with van der Waals surface area (Å²) >= 11 is 5.56. The predicted octanol–water partition coefficient (Wildman–Crippen LogP) is 1.18. The number of amides is 1. The summed E-state index contributed by atoms with van der Waals surface area (Å²) in [6, 6.07) is 5.54. The molecule has 0 radical (unpaired) electrons. The van der Waals surface area contributed by atoms with Crippen molar-refractivity contribution in [3.63, 3.8) is 0 Å². The minimum absolute atomic E-state index is 0.0764. The van der Waals surface area contributed by atoms with Crippen LogP contribution in [0.15, 0.2) is 18.2 Å². The van der Waals surface area contributed by atoms with Crippen LogP contribution in [0.1, 0.15) is 5.56 Å². The molecule has 1 aliphatic rings. The maximum Gasteiger partial charge on any atom is 0.264 e. The number of anilines is 1. The zero-order valence-electron chi connectivity index (χ0n) is 9.52. The van der Waals surface area contributed by atoms with Gasteiger partial charge in [-0.3, -0.25) is 4.79 Å². The maximum absolute atomic E-state index is 11.5. The van der Waals surface area contributed by atoms with Crippen LogP contribution < -0.4 is 9.64 Å². The van der Waals surface area contributed by atoms with Gasteiger partial charge in [-0.2, -0.15) is 0 Å². The summed E-state index contributed by atoms with van der Waals surface area (Å²) in [4.78, 5) is 13.0. The van der Waals surface area contributed by atoms with Crippen LogP contribution in [-0.2, 0) is 11.2 Å². The van der Waals surface area contributed by atoms with Gasteiger partial charge in [0.15, 0.2) is 6.61 Å². The first kappa shape index (κ1) is 12.2. The third-order valence-electron chi connectivity index (χ3n) is 2.76. The van der Waals surface area contributed by atoms with Crippen LogP contribution in [0.25, 0.3) is 0 Å². The molecule has 0 aromatic heterocycles. The van der Waals surface area contributed by atoms with E-state index < -0.39 is 6.10 Å². The molecule has 2 rings (SSSR count). The number of carbonyl (C=O) groups excluding carboxylic acids is 1. The van der Waals surface area contributed by atoms with Gasteiger partial charge >= 0.3 is 0 Å². The molecule has 1 heterocycles. The average Bonchev–Trinajstić information content (AvgIpc) is 2.34. The van der Waals surface area contributed by atoms with Crippen molar-refractivity contribution >= 4 is 23.2 Å². The number of aliphatic hydroxyl groups excluding tert-OH is 1. The largest absolute Gasteiger partial charge is 0.482 e. The fourth-order valence-electron chi connectivity index (χ4n) is 1.77. The van der Waals surface area contributed by atoms with Gasteiger partial charge in [-0.05, 0) is 24.1 Å². The predicted molar refractivity (Wildman–Crippen MR) is 65.8 cm³/mol. The Morgan fingerprint density at radius 3 is 3.06 bits per heavy atom. The molecule has 1 N–H and O–H groups in total. The van der Waals surface area contributed by atoms with Crippen LogP contribution in [0.5, 0.6) is 5.75 Å². The maximum atomic E-state index is 11.5. The molecule has 5 heteroatoms. The molecule has 1 atom stereocenters. The molecule has 1 aromatic rings. The molecule has 17 heavy (non-hydrogen) atoms. The molecule has 0 spiro atoms. The lowest BCUT2D eigenvalue weighted by Gasteiger charge is -2.26. The second-order valence-corrected chi connectivity index (χ2v) is 4.36. The summed E-state index contributed by atoms with van der Waals surface area (Å²) in [5.41, 5.74) is 1.67. The Kier molecular flexibility index (Phi) is 3.54. The van der Waals surface area contributed by atoms with Crippen LogP contribution in [0.2, 0.25) is 0 Å². The summed E-state index contributed by atoms with van der Waals surface area (Å²) in [5.74, 6) is 0.811. The topological polar surface area (TPSA) is 49.8 Å². The van der Waals surface area contributed by atoms with Crippen molar-refractivity contribution in [1.29, 1.82) is 0 Å². The first-order valence-corrected chi connectivity index (χ1v) is 5.91. The Bertz CT molecular complexity index is 436. The molecule has 1 amide bonds. The standard InChI is InChI=1S/C12H14ClNO3/c1-14-10-5-8(4-9(15)6-13)2-3-11(10)17-7-12(14)16/h2-3,5,9,15H,4,6-7H2,1H3. The van der Waals surface area contributed by atoms with E-state index in [1.807, 2.05) is 18.2 Å². The van der Waals surface area contributed by atoms with E-state index in [2.05, 4.69) is 0 Å². The SMILES string of the molecule is CN1C(=O)COc2ccc(CC(O)CCl)cc21. The molecule has 0 aliphatic carbocycles. The van der Waals surface area contributed by atoms with Gasteiger partial charge in [-0.15, -0.1) is 11.6 Å². The second-order valence-electron chi connectivity index (χ2n) is 4.06. The van der Waals surface area contributed by atoms with Gasteiger partial charge < -0.3 is 14.7 Å². The van der Waals surface area contributed by atoms with Crippen LogP contribution in [-0.4, -0.2) is 36.7 Å². The molecule has 0 saturated carbocycles. The summed E-state index contributed by atoms with van der Waals surface area (Å²) in [5, 5.41) is 9.49. The molecule has 0 saturated heterocycles. The number of rotatable bonds is 3. The van der Waals surface area contributed by atoms with Crippen molar-refractivity contribution in [2.24, 2.45) is 0 Å². The van der Waals surface area contributed by atoms with Crippen LogP contribution in [0.3, 0.4) is 0 Å². The molecule has 1 unspecified atom stereocenters. The van der Waals surface area contributed by atoms with Crippen molar-refractivity contribution in [1.82, 2.24) is 0 Å². The molecule has 4 nitrogen and oxygen atoms in total. The van der Waals surface area contributed by atoms with Crippen molar-refractivity contribution in [3.05, 3.63) is 23.8 Å². The lowest BCUT2D eigenvalue weighted by atomic mass is 10.1. The third-order valence-corrected chi connectivity index (χ3v) is 3.12. The number of benzene rings is 1. The zero-order chi connectivity index (χ0) is 12.4. The molecular formula is C12H14ClNO3. The molecular weight excluding hydrogens is 242 g/mol. The molecule has 92 valence electrons. The Morgan fingerprint density at radius 1 is 1.59 bits per heavy atom. The highest BCUT2D eigenvalue weighted by molar-refractivity contribution is 6.18. The van der Waals surface area contributed by atoms with E-state index in [9.17, 15) is 9.90 Å². The van der Waals surface area contributed by atoms with E-state index in [1.165, 1.54) is 0 Å². The van der Waals surface area contributed by atoms with Crippen LogP contribution >= 0.6 is 11.6 Å². The highest BCUT2D eigenvalue weighted by Crippen LogP contribution is 2.32. The van der Waals surface area contributed by atoms with Gasteiger partial charge in [-0.25, -0.2) is 0 Å². The van der Waals surface area contributed by atoms with Crippen molar-refractivity contribution in [3.8, 4) is 5.75 Å². The van der Waals surface area contributed by atoms with E-state index in [4.69, 9.17) is 16.3 Å². The van der Waals surface area contributed by atoms with E-state index in [0.29, 0.717) is 12.2 Å². The van der Waals surface area contributed by atoms with E-state index in [0.717, 1.165) is 11.3 Å². The smallest absolute Gasteiger partial charge is 0.264 e. The highest BCUT2D eigenvalue weighted by Gasteiger charge is 2.22. The number of alkyl halides is 1. The normalized spacial score (nSPS) is 16.4. The van der Waals surface area contributed by atoms with Gasteiger partial charge in [0.05, 0.1) is 11.8 Å². The first-order chi connectivity index (χ1) is 8.11. The minimum atomic E-state index is -0.569. The average molecular weight is 256 g/mol. The summed E-state index contributed by atoms with van der Waals surface area (Å²) in [6.07, 6.45) is -0.0982. The van der Waals surface area contributed by atoms with Gasteiger partial charge in [0.2, 0.25) is 0 Å². The second kappa shape index (κ2) is 4.94. The number of nitrogens with zero attached hydrogens (tertiary/aromatic N) is 1. The number of hydrogen-bond donors (Lipinski definition) is 1. The molecule has 1 aromatic carbocycles. The lowest BCUT2D eigenvalue weighted by Crippen LogP contribution is -2.35. The lowest BCUT2D eigenvalue weighted by molar-refractivity contribution is -0.120. The number of carbonyl (C=O) groups is 1. The van der Waals surface area contributed by atoms with Crippen molar-refractivity contribution in [2.45, 2.75) is 12.5 Å². The Labute approximate surface area is 105 Å². The van der Waals surface area contributed by atoms with Gasteiger partial charge in [0.1, 0.15) is 5.75 Å². The zero-order valence-corrected chi connectivity index (χ0v) is 10.3. The Morgan fingerprint density at radius 2 is 2.35 bits per heavy atom. The van der Waals surface area contributed by atoms with Crippen LogP contribution in [0, 0.1) is 0 Å². The van der Waals surface area contributed by atoms with E-state index in [1.54, 1.807) is 11.9 Å². The minimum Gasteiger partial charge on any atom is -0.482 e. The fourth-order valence-corrected chi connectivity index (χ4v) is 1.88. The fraction of sp³-hybridized carbons (Fsp3) is 0.417.